The first-order valence-corrected chi connectivity index (χ1v) is 5.67. The third-order valence-electron chi connectivity index (χ3n) is 2.77. The van der Waals surface area contributed by atoms with Crippen molar-refractivity contribution in [2.24, 2.45) is 5.73 Å². The lowest BCUT2D eigenvalue weighted by molar-refractivity contribution is 0.0990. The molecule has 2 aromatic rings. The number of rotatable bonds is 3. The molecule has 0 bridgehead atoms. The average Bonchev–Trinajstić information content (AvgIpc) is 2.32. The third-order valence-corrected chi connectivity index (χ3v) is 2.77. The second-order valence-electron chi connectivity index (χ2n) is 4.08. The van der Waals surface area contributed by atoms with Crippen molar-refractivity contribution in [3.05, 3.63) is 46.1 Å². The van der Waals surface area contributed by atoms with Crippen LogP contribution >= 0.6 is 0 Å². The Labute approximate surface area is 103 Å². The van der Waals surface area contributed by atoms with E-state index in [9.17, 15) is 14.0 Å². The average molecular weight is 248 g/mol. The van der Waals surface area contributed by atoms with Gasteiger partial charge in [0.25, 0.3) is 11.5 Å². The first-order valence-electron chi connectivity index (χ1n) is 5.67. The molecule has 1 aromatic carbocycles. The van der Waals surface area contributed by atoms with E-state index in [0.29, 0.717) is 23.7 Å². The minimum absolute atomic E-state index is 0.111. The molecule has 0 aliphatic heterocycles. The predicted octanol–water partition coefficient (Wildman–Crippen LogP) is 1.65. The molecule has 0 radical (unpaired) electrons. The van der Waals surface area contributed by atoms with Crippen LogP contribution in [0.5, 0.6) is 0 Å². The molecule has 1 heterocycles. The number of amides is 1. The fraction of sp³-hybridized carbons (Fsp3) is 0.231. The van der Waals surface area contributed by atoms with Crippen molar-refractivity contribution < 1.29 is 9.18 Å². The molecule has 1 aromatic heterocycles. The number of nitrogens with two attached hydrogens (primary N) is 1. The molecule has 0 aliphatic rings. The molecule has 18 heavy (non-hydrogen) atoms. The van der Waals surface area contributed by atoms with E-state index in [2.05, 4.69) is 0 Å². The first kappa shape index (κ1) is 12.3. The molecule has 0 saturated carbocycles. The fourth-order valence-corrected chi connectivity index (χ4v) is 1.98. The summed E-state index contributed by atoms with van der Waals surface area (Å²) < 4.78 is 14.5. The number of hydrogen-bond donors (Lipinski definition) is 1. The normalized spacial score (nSPS) is 10.8. The summed E-state index contributed by atoms with van der Waals surface area (Å²) in [6.45, 7) is 2.30. The van der Waals surface area contributed by atoms with Gasteiger partial charge in [0.05, 0.1) is 0 Å². The standard InChI is InChI=1S/C13H13FN2O2/c1-2-5-16-11(12(15)17)7-8-6-9(14)3-4-10(8)13(16)18/h3-4,6-7H,2,5H2,1H3,(H2,15,17). The Bertz CT molecular complexity index is 676. The lowest BCUT2D eigenvalue weighted by atomic mass is 10.1. The maximum absolute atomic E-state index is 13.1. The quantitative estimate of drug-likeness (QED) is 0.897. The van der Waals surface area contributed by atoms with Gasteiger partial charge >= 0.3 is 0 Å². The van der Waals surface area contributed by atoms with Crippen LogP contribution in [0.15, 0.2) is 29.1 Å². The molecule has 2 N–H and O–H groups in total. The Hall–Kier alpha value is -2.17. The topological polar surface area (TPSA) is 65.1 Å². The van der Waals surface area contributed by atoms with Gasteiger partial charge < -0.3 is 10.3 Å². The summed E-state index contributed by atoms with van der Waals surface area (Å²) >= 11 is 0. The van der Waals surface area contributed by atoms with Crippen LogP contribution in [0, 0.1) is 5.82 Å². The zero-order chi connectivity index (χ0) is 13.3. The molecule has 0 aliphatic carbocycles. The van der Waals surface area contributed by atoms with Crippen LogP contribution in [0.2, 0.25) is 0 Å². The Morgan fingerprint density at radius 1 is 1.39 bits per heavy atom. The van der Waals surface area contributed by atoms with Crippen LogP contribution in [0.3, 0.4) is 0 Å². The van der Waals surface area contributed by atoms with Gasteiger partial charge in [-0.05, 0) is 36.1 Å². The van der Waals surface area contributed by atoms with E-state index >= 15 is 0 Å². The fourth-order valence-electron chi connectivity index (χ4n) is 1.98. The highest BCUT2D eigenvalue weighted by Crippen LogP contribution is 2.14. The molecule has 0 spiro atoms. The lowest BCUT2D eigenvalue weighted by Crippen LogP contribution is -2.29. The van der Waals surface area contributed by atoms with Crippen LogP contribution in [0.4, 0.5) is 4.39 Å². The van der Waals surface area contributed by atoms with Crippen LogP contribution in [-0.4, -0.2) is 10.5 Å². The second-order valence-corrected chi connectivity index (χ2v) is 4.08. The molecule has 1 amide bonds. The van der Waals surface area contributed by atoms with Gasteiger partial charge in [0.2, 0.25) is 0 Å². The van der Waals surface area contributed by atoms with Gasteiger partial charge in [0, 0.05) is 11.9 Å². The zero-order valence-electron chi connectivity index (χ0n) is 9.94. The monoisotopic (exact) mass is 248 g/mol. The van der Waals surface area contributed by atoms with Crippen LogP contribution in [-0.2, 0) is 6.54 Å². The van der Waals surface area contributed by atoms with Gasteiger partial charge in [-0.2, -0.15) is 0 Å². The van der Waals surface area contributed by atoms with E-state index in [4.69, 9.17) is 5.73 Å². The largest absolute Gasteiger partial charge is 0.364 e. The van der Waals surface area contributed by atoms with E-state index < -0.39 is 11.7 Å². The smallest absolute Gasteiger partial charge is 0.265 e. The molecule has 5 heteroatoms. The highest BCUT2D eigenvalue weighted by atomic mass is 19.1. The van der Waals surface area contributed by atoms with Crippen LogP contribution in [0.1, 0.15) is 23.8 Å². The van der Waals surface area contributed by atoms with Crippen LogP contribution in [0.25, 0.3) is 10.8 Å². The molecule has 0 unspecified atom stereocenters. The number of fused-ring (bicyclic) bond motifs is 1. The predicted molar refractivity (Wildman–Crippen MR) is 67.0 cm³/mol. The van der Waals surface area contributed by atoms with Gasteiger partial charge in [0.1, 0.15) is 11.5 Å². The maximum Gasteiger partial charge on any atom is 0.265 e. The summed E-state index contributed by atoms with van der Waals surface area (Å²) in [5.41, 5.74) is 5.04. The summed E-state index contributed by atoms with van der Waals surface area (Å²) in [7, 11) is 0. The molecular weight excluding hydrogens is 235 g/mol. The number of primary amides is 1. The number of carbonyl (C=O) groups is 1. The van der Waals surface area contributed by atoms with E-state index in [1.807, 2.05) is 6.92 Å². The number of aromatic nitrogens is 1. The number of hydrogen-bond acceptors (Lipinski definition) is 2. The maximum atomic E-state index is 13.1. The number of pyridine rings is 1. The third kappa shape index (κ3) is 1.99. The minimum atomic E-state index is -0.688. The summed E-state index contributed by atoms with van der Waals surface area (Å²) in [5, 5.41) is 0.774. The molecule has 2 rings (SSSR count). The number of nitrogens with zero attached hydrogens (tertiary/aromatic N) is 1. The number of benzene rings is 1. The number of halogens is 1. The van der Waals surface area contributed by atoms with Gasteiger partial charge in [-0.3, -0.25) is 9.59 Å². The van der Waals surface area contributed by atoms with E-state index in [0.717, 1.165) is 0 Å². The zero-order valence-corrected chi connectivity index (χ0v) is 9.94. The Morgan fingerprint density at radius 2 is 2.11 bits per heavy atom. The van der Waals surface area contributed by atoms with Crippen molar-refractivity contribution in [1.82, 2.24) is 4.57 Å². The molecule has 0 fully saturated rings. The second kappa shape index (κ2) is 4.60. The highest BCUT2D eigenvalue weighted by Gasteiger charge is 2.12. The van der Waals surface area contributed by atoms with E-state index in [-0.39, 0.29) is 11.3 Å². The van der Waals surface area contributed by atoms with Crippen molar-refractivity contribution in [1.29, 1.82) is 0 Å². The minimum Gasteiger partial charge on any atom is -0.364 e. The lowest BCUT2D eigenvalue weighted by Gasteiger charge is -2.11. The molecule has 94 valence electrons. The van der Waals surface area contributed by atoms with Crippen molar-refractivity contribution >= 4 is 16.7 Å². The molecule has 4 nitrogen and oxygen atoms in total. The first-order chi connectivity index (χ1) is 8.54. The Kier molecular flexibility index (Phi) is 3.14. The van der Waals surface area contributed by atoms with Gasteiger partial charge in [0.15, 0.2) is 0 Å². The van der Waals surface area contributed by atoms with E-state index in [1.54, 1.807) is 0 Å². The van der Waals surface area contributed by atoms with Crippen LogP contribution < -0.4 is 11.3 Å². The SMILES string of the molecule is CCCn1c(C(N)=O)cc2cc(F)ccc2c1=O. The summed E-state index contributed by atoms with van der Waals surface area (Å²) in [6, 6.07) is 5.32. The molecule has 0 saturated heterocycles. The highest BCUT2D eigenvalue weighted by molar-refractivity contribution is 5.95. The van der Waals surface area contributed by atoms with Crippen molar-refractivity contribution in [2.45, 2.75) is 19.9 Å². The van der Waals surface area contributed by atoms with Crippen molar-refractivity contribution in [2.75, 3.05) is 0 Å². The van der Waals surface area contributed by atoms with Crippen molar-refractivity contribution in [3.8, 4) is 0 Å². The van der Waals surface area contributed by atoms with Crippen molar-refractivity contribution in [3.63, 3.8) is 0 Å². The van der Waals surface area contributed by atoms with Gasteiger partial charge in [-0.1, -0.05) is 6.92 Å². The summed E-state index contributed by atoms with van der Waals surface area (Å²) in [4.78, 5) is 23.5. The van der Waals surface area contributed by atoms with E-state index in [1.165, 1.54) is 28.8 Å². The number of carbonyl (C=O) groups excluding carboxylic acids is 1. The van der Waals surface area contributed by atoms with Gasteiger partial charge in [-0.15, -0.1) is 0 Å². The molecular formula is C13H13FN2O2. The molecule has 0 atom stereocenters. The Balaban J connectivity index is 2.85. The van der Waals surface area contributed by atoms with Gasteiger partial charge in [-0.25, -0.2) is 4.39 Å². The summed E-state index contributed by atoms with van der Waals surface area (Å²) in [5.74, 6) is -1.14. The Morgan fingerprint density at radius 3 is 2.72 bits per heavy atom. The summed E-state index contributed by atoms with van der Waals surface area (Å²) in [6.07, 6.45) is 0.701.